The Morgan fingerprint density at radius 2 is 2.04 bits per heavy atom. The predicted molar refractivity (Wildman–Crippen MR) is 102 cm³/mol. The molecule has 2 amide bonds. The Bertz CT molecular complexity index is 831. The number of amides is 2. The lowest BCUT2D eigenvalue weighted by Gasteiger charge is -2.30. The number of primary amides is 1. The molecule has 1 fully saturated rings. The third kappa shape index (κ3) is 3.94. The van der Waals surface area contributed by atoms with Crippen molar-refractivity contribution in [3.05, 3.63) is 16.0 Å². The Kier molecular flexibility index (Phi) is 5.41. The number of nitrogens with zero attached hydrogens (tertiary/aromatic N) is 1. The van der Waals surface area contributed by atoms with Gasteiger partial charge in [-0.2, -0.15) is 0 Å². The van der Waals surface area contributed by atoms with Gasteiger partial charge in [0, 0.05) is 18.0 Å². The molecular weight excluding hydrogens is 374 g/mol. The van der Waals surface area contributed by atoms with Gasteiger partial charge in [0.15, 0.2) is 0 Å². The highest BCUT2D eigenvalue weighted by Crippen LogP contribution is 2.39. The first-order valence-corrected chi connectivity index (χ1v) is 11.5. The van der Waals surface area contributed by atoms with Crippen molar-refractivity contribution in [2.75, 3.05) is 24.7 Å². The number of piperidine rings is 1. The van der Waals surface area contributed by atoms with E-state index in [0.29, 0.717) is 35.9 Å². The first-order valence-electron chi connectivity index (χ1n) is 8.87. The molecule has 1 saturated heterocycles. The number of carbonyl (C=O) groups is 2. The Hall–Kier alpha value is -1.45. The van der Waals surface area contributed by atoms with E-state index >= 15 is 0 Å². The van der Waals surface area contributed by atoms with Crippen LogP contribution in [0.2, 0.25) is 0 Å². The molecule has 2 heterocycles. The summed E-state index contributed by atoms with van der Waals surface area (Å²) >= 11 is 1.43. The van der Waals surface area contributed by atoms with Gasteiger partial charge in [0.1, 0.15) is 5.00 Å². The molecule has 3 rings (SSSR count). The molecule has 7 nitrogen and oxygen atoms in total. The van der Waals surface area contributed by atoms with Crippen LogP contribution in [0.4, 0.5) is 5.00 Å². The van der Waals surface area contributed by atoms with Gasteiger partial charge in [-0.15, -0.1) is 11.3 Å². The molecule has 0 bridgehead atoms. The van der Waals surface area contributed by atoms with E-state index in [-0.39, 0.29) is 12.5 Å². The van der Waals surface area contributed by atoms with Gasteiger partial charge < -0.3 is 11.1 Å². The van der Waals surface area contributed by atoms with E-state index < -0.39 is 21.8 Å². The topological polar surface area (TPSA) is 110 Å². The maximum Gasteiger partial charge on any atom is 0.251 e. The molecule has 0 spiro atoms. The number of rotatable bonds is 4. The van der Waals surface area contributed by atoms with Crippen molar-refractivity contribution < 1.29 is 18.0 Å². The summed E-state index contributed by atoms with van der Waals surface area (Å²) in [6.45, 7) is 2.80. The number of hydrogen-bond acceptors (Lipinski definition) is 5. The van der Waals surface area contributed by atoms with Gasteiger partial charge in [0.2, 0.25) is 15.9 Å². The highest BCUT2D eigenvalue weighted by molar-refractivity contribution is 7.88. The van der Waals surface area contributed by atoms with E-state index in [1.54, 1.807) is 0 Å². The molecule has 0 radical (unpaired) electrons. The van der Waals surface area contributed by atoms with Crippen LogP contribution in [-0.2, 0) is 27.7 Å². The van der Waals surface area contributed by atoms with Crippen LogP contribution in [0.25, 0.3) is 0 Å². The summed E-state index contributed by atoms with van der Waals surface area (Å²) in [6.07, 6.45) is 5.13. The maximum absolute atomic E-state index is 12.7. The molecule has 1 aromatic heterocycles. The van der Waals surface area contributed by atoms with Gasteiger partial charge in [-0.3, -0.25) is 9.59 Å². The highest BCUT2D eigenvalue weighted by Gasteiger charge is 2.32. The third-order valence-corrected chi connectivity index (χ3v) is 7.66. The second kappa shape index (κ2) is 7.28. The van der Waals surface area contributed by atoms with E-state index in [1.165, 1.54) is 15.6 Å². The number of carbonyl (C=O) groups excluding carboxylic acids is 2. The van der Waals surface area contributed by atoms with Gasteiger partial charge in [0.05, 0.1) is 17.7 Å². The van der Waals surface area contributed by atoms with Gasteiger partial charge in [-0.05, 0) is 43.6 Å². The fourth-order valence-electron chi connectivity index (χ4n) is 3.77. The van der Waals surface area contributed by atoms with E-state index in [0.717, 1.165) is 36.0 Å². The summed E-state index contributed by atoms with van der Waals surface area (Å²) < 4.78 is 24.9. The largest absolute Gasteiger partial charge is 0.365 e. The molecule has 0 unspecified atom stereocenters. The molecule has 2 atom stereocenters. The van der Waals surface area contributed by atoms with E-state index in [1.807, 2.05) is 0 Å². The summed E-state index contributed by atoms with van der Waals surface area (Å²) in [6, 6.07) is 0. The normalized spacial score (nSPS) is 24.1. The minimum atomic E-state index is -3.31. The Morgan fingerprint density at radius 1 is 1.31 bits per heavy atom. The monoisotopic (exact) mass is 399 g/mol. The van der Waals surface area contributed by atoms with Crippen molar-refractivity contribution in [3.8, 4) is 0 Å². The number of sulfonamides is 1. The Morgan fingerprint density at radius 3 is 2.69 bits per heavy atom. The zero-order valence-corrected chi connectivity index (χ0v) is 16.7. The maximum atomic E-state index is 12.7. The van der Waals surface area contributed by atoms with Crippen LogP contribution in [-0.4, -0.2) is 43.9 Å². The van der Waals surface area contributed by atoms with Gasteiger partial charge in [-0.25, -0.2) is 12.7 Å². The molecule has 9 heteroatoms. The van der Waals surface area contributed by atoms with Crippen LogP contribution in [0.3, 0.4) is 0 Å². The average Bonchev–Trinajstić information content (AvgIpc) is 2.91. The molecule has 2 aliphatic rings. The van der Waals surface area contributed by atoms with Gasteiger partial charge >= 0.3 is 0 Å². The summed E-state index contributed by atoms with van der Waals surface area (Å²) in [5, 5.41) is 3.38. The van der Waals surface area contributed by atoms with Crippen LogP contribution in [0.5, 0.6) is 0 Å². The smallest absolute Gasteiger partial charge is 0.251 e. The molecule has 0 aromatic carbocycles. The van der Waals surface area contributed by atoms with Crippen molar-refractivity contribution >= 4 is 38.2 Å². The van der Waals surface area contributed by atoms with Gasteiger partial charge in [0.25, 0.3) is 5.91 Å². The van der Waals surface area contributed by atoms with Crippen LogP contribution >= 0.6 is 11.3 Å². The molecule has 26 heavy (non-hydrogen) atoms. The molecule has 1 aliphatic carbocycles. The van der Waals surface area contributed by atoms with E-state index in [9.17, 15) is 18.0 Å². The van der Waals surface area contributed by atoms with Crippen LogP contribution < -0.4 is 11.1 Å². The Balaban J connectivity index is 1.80. The molecular formula is C17H25N3O4S2. The average molecular weight is 400 g/mol. The fourth-order valence-corrected chi connectivity index (χ4v) is 6.10. The molecule has 144 valence electrons. The Labute approximate surface area is 158 Å². The van der Waals surface area contributed by atoms with E-state index in [2.05, 4.69) is 12.2 Å². The summed E-state index contributed by atoms with van der Waals surface area (Å²) in [7, 11) is -3.31. The number of fused-ring (bicyclic) bond motifs is 1. The predicted octanol–water partition coefficient (Wildman–Crippen LogP) is 1.58. The number of nitrogens with one attached hydrogen (secondary N) is 1. The first kappa shape index (κ1) is 19.3. The van der Waals surface area contributed by atoms with Crippen molar-refractivity contribution in [2.45, 2.75) is 39.0 Å². The van der Waals surface area contributed by atoms with Crippen molar-refractivity contribution in [1.82, 2.24) is 4.31 Å². The molecule has 3 N–H and O–H groups in total. The summed E-state index contributed by atoms with van der Waals surface area (Å²) in [4.78, 5) is 25.8. The van der Waals surface area contributed by atoms with E-state index in [4.69, 9.17) is 5.73 Å². The van der Waals surface area contributed by atoms with Crippen molar-refractivity contribution in [3.63, 3.8) is 0 Å². The second-order valence-corrected chi connectivity index (χ2v) is 10.5. The number of hydrogen-bond donors (Lipinski definition) is 2. The second-order valence-electron chi connectivity index (χ2n) is 7.37. The lowest BCUT2D eigenvalue weighted by molar-refractivity contribution is -0.120. The number of nitrogens with two attached hydrogens (primary N) is 1. The van der Waals surface area contributed by atoms with Crippen molar-refractivity contribution in [1.29, 1.82) is 0 Å². The summed E-state index contributed by atoms with van der Waals surface area (Å²) in [5.41, 5.74) is 6.98. The summed E-state index contributed by atoms with van der Waals surface area (Å²) in [5.74, 6) is -0.634. The number of anilines is 1. The third-order valence-electron chi connectivity index (χ3n) is 5.22. The molecule has 1 aromatic rings. The lowest BCUT2D eigenvalue weighted by Crippen LogP contribution is -2.43. The van der Waals surface area contributed by atoms with Crippen LogP contribution in [0, 0.1) is 11.8 Å². The fraction of sp³-hybridized carbons (Fsp3) is 0.647. The minimum absolute atomic E-state index is 0.179. The SMILES string of the molecule is C[C@H]1CCc2c(sc(NC(=O)[C@@H]3CCCN(S(C)(=O)=O)C3)c2C(N)=O)C1. The lowest BCUT2D eigenvalue weighted by atomic mass is 9.88. The minimum Gasteiger partial charge on any atom is -0.365 e. The number of thiophene rings is 1. The zero-order valence-electron chi connectivity index (χ0n) is 15.1. The van der Waals surface area contributed by atoms with Crippen LogP contribution in [0.1, 0.15) is 47.0 Å². The first-order chi connectivity index (χ1) is 12.2. The molecule has 1 aliphatic heterocycles. The standard InChI is InChI=1S/C17H25N3O4S2/c1-10-5-6-12-13(8-10)25-17(14(12)15(18)21)19-16(22)11-4-3-7-20(9-11)26(2,23)24/h10-11H,3-9H2,1-2H3,(H2,18,21)(H,19,22)/t10-,11+/m0/s1. The highest BCUT2D eigenvalue weighted by atomic mass is 32.2. The molecule has 0 saturated carbocycles. The van der Waals surface area contributed by atoms with Crippen LogP contribution in [0.15, 0.2) is 0 Å². The quantitative estimate of drug-likeness (QED) is 0.801. The van der Waals surface area contributed by atoms with Gasteiger partial charge in [-0.1, -0.05) is 6.92 Å². The van der Waals surface area contributed by atoms with Crippen molar-refractivity contribution in [2.24, 2.45) is 17.6 Å². The zero-order chi connectivity index (χ0) is 19.1.